The molecule has 5 unspecified atom stereocenters. The predicted molar refractivity (Wildman–Crippen MR) is 124 cm³/mol. The number of amides is 1. The van der Waals surface area contributed by atoms with Crippen LogP contribution in [0.2, 0.25) is 0 Å². The van der Waals surface area contributed by atoms with Crippen LogP contribution in [0.3, 0.4) is 0 Å². The Morgan fingerprint density at radius 2 is 1.94 bits per heavy atom. The van der Waals surface area contributed by atoms with E-state index in [9.17, 15) is 23.1 Å². The summed E-state index contributed by atoms with van der Waals surface area (Å²) >= 11 is 0. The minimum atomic E-state index is -3.02. The average Bonchev–Trinajstić information content (AvgIpc) is 2.89. The van der Waals surface area contributed by atoms with Crippen LogP contribution in [0.25, 0.3) is 0 Å². The number of pyridine rings is 1. The topological polar surface area (TPSA) is 105 Å². The third kappa shape index (κ3) is 5.69. The molecule has 1 saturated carbocycles. The fraction of sp³-hybridized carbons (Fsp3) is 0.708. The lowest BCUT2D eigenvalue weighted by Crippen LogP contribution is -2.46. The smallest absolute Gasteiger partial charge is 0.323 e. The lowest BCUT2D eigenvalue weighted by atomic mass is 9.77. The Bertz CT molecular complexity index is 932. The maximum atomic E-state index is 13.3. The molecular weight excluding hydrogens is 428 g/mol. The summed E-state index contributed by atoms with van der Waals surface area (Å²) in [5.74, 6) is -0.219. The van der Waals surface area contributed by atoms with E-state index in [4.69, 9.17) is 0 Å². The van der Waals surface area contributed by atoms with Gasteiger partial charge in [-0.1, -0.05) is 40.0 Å². The summed E-state index contributed by atoms with van der Waals surface area (Å²) in [5.41, 5.74) is 1.38. The van der Waals surface area contributed by atoms with Crippen LogP contribution in [0.15, 0.2) is 18.3 Å². The van der Waals surface area contributed by atoms with Gasteiger partial charge in [0.2, 0.25) is 5.91 Å². The van der Waals surface area contributed by atoms with Gasteiger partial charge in [0.15, 0.2) is 9.84 Å². The molecule has 3 rings (SSSR count). The summed E-state index contributed by atoms with van der Waals surface area (Å²) in [6.45, 7) is 5.69. The Hall–Kier alpha value is -1.96. The van der Waals surface area contributed by atoms with E-state index in [0.29, 0.717) is 30.4 Å². The summed E-state index contributed by atoms with van der Waals surface area (Å²) in [6, 6.07) is 3.50. The predicted octanol–water partition coefficient (Wildman–Crippen LogP) is 3.89. The van der Waals surface area contributed by atoms with Crippen molar-refractivity contribution >= 4 is 27.4 Å². The maximum Gasteiger partial charge on any atom is 0.323 e. The van der Waals surface area contributed by atoms with E-state index in [2.05, 4.69) is 11.9 Å². The maximum absolute atomic E-state index is 13.3. The molecule has 1 aromatic rings. The number of carbonyl (C=O) groups is 2. The lowest BCUT2D eigenvalue weighted by molar-refractivity contribution is -0.137. The largest absolute Gasteiger partial charge is 0.480 e. The first-order valence-electron chi connectivity index (χ1n) is 11.8. The number of hydrogen-bond acceptors (Lipinski definition) is 5. The molecule has 1 aromatic heterocycles. The summed E-state index contributed by atoms with van der Waals surface area (Å²) in [4.78, 5) is 30.6. The van der Waals surface area contributed by atoms with Crippen molar-refractivity contribution in [2.24, 2.45) is 23.7 Å². The molecular formula is C24H36N2O5S. The molecule has 8 heteroatoms. The van der Waals surface area contributed by atoms with Crippen molar-refractivity contribution in [1.82, 2.24) is 4.98 Å². The van der Waals surface area contributed by atoms with Crippen molar-refractivity contribution in [2.75, 3.05) is 23.0 Å². The SMILES string of the molecule is CCCS(=O)(=O)CC1CCC(CC2C(=O)N(CC(=O)O)c3cccnc3C2C)CCC1C. The molecule has 1 aliphatic heterocycles. The van der Waals surface area contributed by atoms with Gasteiger partial charge in [0.05, 0.1) is 17.1 Å². The van der Waals surface area contributed by atoms with E-state index in [1.54, 1.807) is 18.3 Å². The number of rotatable bonds is 8. The minimum absolute atomic E-state index is 0.0786. The highest BCUT2D eigenvalue weighted by Crippen LogP contribution is 2.43. The van der Waals surface area contributed by atoms with Gasteiger partial charge in [0, 0.05) is 23.8 Å². The highest BCUT2D eigenvalue weighted by molar-refractivity contribution is 7.91. The Labute approximate surface area is 191 Å². The number of carboxylic acid groups (broad SMARTS) is 1. The zero-order chi connectivity index (χ0) is 23.5. The number of aromatic nitrogens is 1. The molecule has 1 fully saturated rings. The molecule has 1 amide bonds. The van der Waals surface area contributed by atoms with E-state index in [0.717, 1.165) is 31.4 Å². The first kappa shape index (κ1) is 24.7. The van der Waals surface area contributed by atoms with Gasteiger partial charge in [-0.15, -0.1) is 0 Å². The summed E-state index contributed by atoms with van der Waals surface area (Å²) < 4.78 is 24.8. The highest BCUT2D eigenvalue weighted by Gasteiger charge is 2.41. The van der Waals surface area contributed by atoms with Gasteiger partial charge in [-0.2, -0.15) is 0 Å². The molecule has 178 valence electrons. The van der Waals surface area contributed by atoms with Crippen LogP contribution >= 0.6 is 0 Å². The number of fused-ring (bicyclic) bond motifs is 1. The second kappa shape index (κ2) is 10.3. The van der Waals surface area contributed by atoms with Crippen LogP contribution in [0.5, 0.6) is 0 Å². The molecule has 0 spiro atoms. The minimum Gasteiger partial charge on any atom is -0.480 e. The number of nitrogens with zero attached hydrogens (tertiary/aromatic N) is 2. The number of aliphatic carboxylic acids is 1. The van der Waals surface area contributed by atoms with E-state index >= 15 is 0 Å². The van der Waals surface area contributed by atoms with Gasteiger partial charge >= 0.3 is 5.97 Å². The van der Waals surface area contributed by atoms with Crippen molar-refractivity contribution < 1.29 is 23.1 Å². The zero-order valence-electron chi connectivity index (χ0n) is 19.4. The van der Waals surface area contributed by atoms with Crippen molar-refractivity contribution in [2.45, 2.75) is 65.2 Å². The molecule has 2 heterocycles. The van der Waals surface area contributed by atoms with Crippen molar-refractivity contribution in [3.8, 4) is 0 Å². The molecule has 1 N–H and O–H groups in total. The molecule has 7 nitrogen and oxygen atoms in total. The summed E-state index contributed by atoms with van der Waals surface area (Å²) in [7, 11) is -3.02. The van der Waals surface area contributed by atoms with E-state index in [1.807, 2.05) is 13.8 Å². The van der Waals surface area contributed by atoms with Crippen LogP contribution < -0.4 is 4.90 Å². The normalized spacial score (nSPS) is 28.8. The third-order valence-corrected chi connectivity index (χ3v) is 9.34. The zero-order valence-corrected chi connectivity index (χ0v) is 20.2. The van der Waals surface area contributed by atoms with Crippen LogP contribution in [-0.4, -0.2) is 48.4 Å². The van der Waals surface area contributed by atoms with Crippen LogP contribution in [-0.2, 0) is 19.4 Å². The van der Waals surface area contributed by atoms with Crippen molar-refractivity contribution in [3.63, 3.8) is 0 Å². The number of carboxylic acids is 1. The first-order chi connectivity index (χ1) is 15.1. The molecule has 0 bridgehead atoms. The van der Waals surface area contributed by atoms with Gasteiger partial charge in [0.25, 0.3) is 0 Å². The van der Waals surface area contributed by atoms with Crippen LogP contribution in [0.1, 0.15) is 70.9 Å². The Morgan fingerprint density at radius 1 is 1.22 bits per heavy atom. The van der Waals surface area contributed by atoms with Crippen LogP contribution in [0, 0.1) is 23.7 Å². The Kier molecular flexibility index (Phi) is 7.96. The molecule has 2 aliphatic rings. The Balaban J connectivity index is 1.74. The number of sulfone groups is 1. The molecule has 5 atom stereocenters. The van der Waals surface area contributed by atoms with Crippen molar-refractivity contribution in [3.05, 3.63) is 24.0 Å². The summed E-state index contributed by atoms with van der Waals surface area (Å²) in [5, 5.41) is 9.35. The average molecular weight is 465 g/mol. The monoisotopic (exact) mass is 464 g/mol. The fourth-order valence-electron chi connectivity index (χ4n) is 5.49. The first-order valence-corrected chi connectivity index (χ1v) is 13.6. The molecule has 0 aromatic carbocycles. The number of hydrogen-bond donors (Lipinski definition) is 1. The number of anilines is 1. The standard InChI is InChI=1S/C24H36N2O5S/c1-4-12-32(30,31)15-19-10-9-18(8-7-16(19)2)13-20-17(3)23-21(6-5-11-25-23)26(24(20)29)14-22(27)28/h5-6,11,16-20H,4,7-10,12-15H2,1-3H3,(H,27,28). The molecule has 1 aliphatic carbocycles. The van der Waals surface area contributed by atoms with Gasteiger partial charge in [0.1, 0.15) is 6.54 Å². The number of carbonyl (C=O) groups excluding carboxylic acids is 1. The molecule has 0 saturated heterocycles. The van der Waals surface area contributed by atoms with Gasteiger partial charge in [-0.25, -0.2) is 8.42 Å². The van der Waals surface area contributed by atoms with Gasteiger partial charge in [-0.3, -0.25) is 19.5 Å². The second-order valence-electron chi connectivity index (χ2n) is 9.73. The fourth-order valence-corrected chi connectivity index (χ4v) is 7.43. The highest BCUT2D eigenvalue weighted by atomic mass is 32.2. The molecule has 0 radical (unpaired) electrons. The Morgan fingerprint density at radius 3 is 2.62 bits per heavy atom. The lowest BCUT2D eigenvalue weighted by Gasteiger charge is -2.38. The second-order valence-corrected chi connectivity index (χ2v) is 12.0. The van der Waals surface area contributed by atoms with E-state index < -0.39 is 15.8 Å². The van der Waals surface area contributed by atoms with E-state index in [-0.39, 0.29) is 41.7 Å². The third-order valence-electron chi connectivity index (χ3n) is 7.37. The summed E-state index contributed by atoms with van der Waals surface area (Å²) in [6.07, 6.45) is 6.72. The van der Waals surface area contributed by atoms with Gasteiger partial charge in [-0.05, 0) is 49.1 Å². The van der Waals surface area contributed by atoms with Gasteiger partial charge < -0.3 is 5.11 Å². The van der Waals surface area contributed by atoms with E-state index in [1.165, 1.54) is 4.90 Å². The quantitative estimate of drug-likeness (QED) is 0.585. The van der Waals surface area contributed by atoms with Crippen LogP contribution in [0.4, 0.5) is 5.69 Å². The van der Waals surface area contributed by atoms with Crippen molar-refractivity contribution in [1.29, 1.82) is 0 Å². The molecule has 32 heavy (non-hydrogen) atoms.